The van der Waals surface area contributed by atoms with Crippen molar-refractivity contribution < 1.29 is 21.0 Å². The molecule has 0 atom stereocenters. The summed E-state index contributed by atoms with van der Waals surface area (Å²) in [7, 11) is 0. The summed E-state index contributed by atoms with van der Waals surface area (Å²) in [6.45, 7) is 0. The molecule has 0 saturated heterocycles. The van der Waals surface area contributed by atoms with Gasteiger partial charge in [0.05, 0.1) is 33.2 Å². The second-order valence-electron chi connectivity index (χ2n) is 6.22. The van der Waals surface area contributed by atoms with E-state index in [0.29, 0.717) is 33.2 Å². The van der Waals surface area contributed by atoms with E-state index in [4.69, 9.17) is 22.3 Å². The summed E-state index contributed by atoms with van der Waals surface area (Å²) < 4.78 is 0. The van der Waals surface area contributed by atoms with Gasteiger partial charge in [-0.25, -0.2) is 9.97 Å². The second-order valence-corrected chi connectivity index (χ2v) is 6.22. The Morgan fingerprint density at radius 1 is 0.815 bits per heavy atom. The molecule has 0 aliphatic rings. The van der Waals surface area contributed by atoms with Crippen molar-refractivity contribution in [1.82, 2.24) is 19.9 Å². The van der Waals surface area contributed by atoms with Crippen LogP contribution in [0.25, 0.3) is 22.1 Å². The molecule has 0 amide bonds. The highest BCUT2D eigenvalue weighted by molar-refractivity contribution is 5.96. The van der Waals surface area contributed by atoms with Gasteiger partial charge < -0.3 is 20.2 Å². The Bertz CT molecular complexity index is 1130. The van der Waals surface area contributed by atoms with E-state index >= 15 is 0 Å². The molecule has 136 valence electrons. The van der Waals surface area contributed by atoms with Crippen LogP contribution in [-0.4, -0.2) is 41.8 Å². The van der Waals surface area contributed by atoms with Gasteiger partial charge in [0.2, 0.25) is 0 Å². The maximum absolute atomic E-state index is 10.7. The summed E-state index contributed by atoms with van der Waals surface area (Å²) >= 11 is 0. The molecule has 0 unspecified atom stereocenters. The first-order valence-electron chi connectivity index (χ1n) is 7.97. The number of hydrogen-bond acceptors (Lipinski definition) is 4. The fourth-order valence-electron chi connectivity index (χ4n) is 2.82. The minimum Gasteiger partial charge on any atom is -0.354 e. The molecule has 0 aliphatic carbocycles. The van der Waals surface area contributed by atoms with Crippen molar-refractivity contribution in [3.8, 4) is 0 Å². The Hall–Kier alpha value is -3.76. The van der Waals surface area contributed by atoms with Crippen LogP contribution in [0.3, 0.4) is 0 Å². The summed E-state index contributed by atoms with van der Waals surface area (Å²) in [4.78, 5) is 14.2. The van der Waals surface area contributed by atoms with Crippen molar-refractivity contribution >= 4 is 33.7 Å². The molecule has 0 saturated carbocycles. The summed E-state index contributed by atoms with van der Waals surface area (Å²) in [6.07, 6.45) is 0. The van der Waals surface area contributed by atoms with Crippen molar-refractivity contribution in [3.05, 3.63) is 59.2 Å². The van der Waals surface area contributed by atoms with Gasteiger partial charge in [-0.05, 0) is 36.4 Å². The lowest BCUT2D eigenvalue weighted by Gasteiger charge is -2.15. The minimum atomic E-state index is -2.48. The molecule has 0 bridgehead atoms. The van der Waals surface area contributed by atoms with E-state index in [2.05, 4.69) is 19.9 Å². The maximum atomic E-state index is 10.7. The molecule has 4 rings (SSSR count). The molecule has 27 heavy (non-hydrogen) atoms. The summed E-state index contributed by atoms with van der Waals surface area (Å²) in [5, 5.41) is 32.5. The van der Waals surface area contributed by atoms with E-state index in [9.17, 15) is 10.2 Å². The molecule has 0 fully saturated rings. The van der Waals surface area contributed by atoms with Crippen LogP contribution in [-0.2, 0) is 5.79 Å². The van der Waals surface area contributed by atoms with Crippen molar-refractivity contribution in [3.63, 3.8) is 0 Å². The zero-order valence-corrected chi connectivity index (χ0v) is 14.1. The molecular weight excluding hydrogens is 348 g/mol. The van der Waals surface area contributed by atoms with Crippen LogP contribution in [0.15, 0.2) is 36.4 Å². The number of nitrogens with two attached hydrogens (primary N) is 4. The Labute approximate surface area is 151 Å². The molecule has 4 aromatic rings. The van der Waals surface area contributed by atoms with Gasteiger partial charge in [0.25, 0.3) is 17.5 Å². The first-order chi connectivity index (χ1) is 12.8. The molecule has 0 radical (unpaired) electrons. The van der Waals surface area contributed by atoms with E-state index in [1.165, 1.54) is 0 Å². The number of imidazole rings is 2. The zero-order valence-electron chi connectivity index (χ0n) is 14.1. The molecule has 10 heteroatoms. The number of aromatic nitrogens is 4. The maximum Gasteiger partial charge on any atom is 0.284 e. The van der Waals surface area contributed by atoms with Gasteiger partial charge in [0, 0.05) is 0 Å². The SMILES string of the molecule is NC(=[NH2+])c1ccc2nc(C(O)(O)c3nc4ccc(C(N)=[NH2+])cc4[nH]3)[nH]c2c1. The number of rotatable bonds is 4. The topological polar surface area (TPSA) is 201 Å². The van der Waals surface area contributed by atoms with Crippen LogP contribution in [0.2, 0.25) is 0 Å². The minimum absolute atomic E-state index is 0.102. The fourth-order valence-corrected chi connectivity index (χ4v) is 2.82. The lowest BCUT2D eigenvalue weighted by Crippen LogP contribution is -2.46. The van der Waals surface area contributed by atoms with Crippen LogP contribution >= 0.6 is 0 Å². The monoisotopic (exact) mass is 366 g/mol. The van der Waals surface area contributed by atoms with Crippen LogP contribution in [0.4, 0.5) is 0 Å². The lowest BCUT2D eigenvalue weighted by molar-refractivity contribution is -0.143. The number of fused-ring (bicyclic) bond motifs is 2. The second kappa shape index (κ2) is 5.62. The third-order valence-corrected chi connectivity index (χ3v) is 4.29. The highest BCUT2D eigenvalue weighted by atomic mass is 16.5. The number of aliphatic hydroxyl groups is 2. The Morgan fingerprint density at radius 2 is 1.22 bits per heavy atom. The molecule has 10 nitrogen and oxygen atoms in total. The highest BCUT2D eigenvalue weighted by Crippen LogP contribution is 2.27. The Balaban J connectivity index is 1.80. The van der Waals surface area contributed by atoms with Gasteiger partial charge in [-0.2, -0.15) is 0 Å². The Morgan fingerprint density at radius 3 is 1.59 bits per heavy atom. The zero-order chi connectivity index (χ0) is 19.3. The van der Waals surface area contributed by atoms with Crippen molar-refractivity contribution in [2.75, 3.05) is 0 Å². The molecule has 0 aliphatic heterocycles. The van der Waals surface area contributed by atoms with Gasteiger partial charge >= 0.3 is 0 Å². The number of aromatic amines is 2. The Kier molecular flexibility index (Phi) is 3.48. The predicted molar refractivity (Wildman–Crippen MR) is 97.8 cm³/mol. The quantitative estimate of drug-likeness (QED) is 0.105. The summed E-state index contributed by atoms with van der Waals surface area (Å²) in [5.41, 5.74) is 14.5. The fraction of sp³-hybridized carbons (Fsp3) is 0.0588. The standard InChI is InChI=1S/C17H16N8O2/c18-13(19)7-1-3-9-11(5-7)24-15(22-9)17(26,27)16-23-10-4-2-8(14(20)21)6-12(10)25-16/h1-6,26-27H,(H3,18,19)(H3,20,21)(H,22,24)(H,23,25)/p+2. The third-order valence-electron chi connectivity index (χ3n) is 4.29. The molecule has 12 N–H and O–H groups in total. The van der Waals surface area contributed by atoms with Gasteiger partial charge in [-0.3, -0.25) is 22.3 Å². The van der Waals surface area contributed by atoms with Crippen LogP contribution < -0.4 is 22.3 Å². The van der Waals surface area contributed by atoms with Crippen molar-refractivity contribution in [2.24, 2.45) is 11.5 Å². The average molecular weight is 366 g/mol. The van der Waals surface area contributed by atoms with Crippen molar-refractivity contribution in [2.45, 2.75) is 5.79 Å². The van der Waals surface area contributed by atoms with Gasteiger partial charge in [0.1, 0.15) is 0 Å². The van der Waals surface area contributed by atoms with E-state index in [1.54, 1.807) is 36.4 Å². The van der Waals surface area contributed by atoms with Gasteiger partial charge in [-0.1, -0.05) is 0 Å². The first kappa shape index (κ1) is 16.7. The highest BCUT2D eigenvalue weighted by Gasteiger charge is 2.36. The van der Waals surface area contributed by atoms with E-state index in [-0.39, 0.29) is 23.3 Å². The molecule has 2 aromatic carbocycles. The normalized spacial score (nSPS) is 11.9. The predicted octanol–water partition coefficient (Wildman–Crippen LogP) is -3.45. The third kappa shape index (κ3) is 2.69. The van der Waals surface area contributed by atoms with E-state index in [0.717, 1.165) is 0 Å². The number of nitrogens with one attached hydrogen (secondary N) is 2. The van der Waals surface area contributed by atoms with Crippen LogP contribution in [0.5, 0.6) is 0 Å². The molecule has 0 spiro atoms. The number of hydrogen-bond donors (Lipinski definition) is 8. The smallest absolute Gasteiger partial charge is 0.284 e. The van der Waals surface area contributed by atoms with Gasteiger partial charge in [0.15, 0.2) is 11.6 Å². The van der Waals surface area contributed by atoms with Crippen molar-refractivity contribution in [1.29, 1.82) is 0 Å². The van der Waals surface area contributed by atoms with Gasteiger partial charge in [-0.15, -0.1) is 0 Å². The number of H-pyrrole nitrogens is 2. The van der Waals surface area contributed by atoms with E-state index in [1.807, 2.05) is 0 Å². The number of nitrogens with zero attached hydrogens (tertiary/aromatic N) is 2. The summed E-state index contributed by atoms with van der Waals surface area (Å²) in [6, 6.07) is 10.1. The van der Waals surface area contributed by atoms with Crippen LogP contribution in [0, 0.1) is 0 Å². The summed E-state index contributed by atoms with van der Waals surface area (Å²) in [5.74, 6) is -2.38. The lowest BCUT2D eigenvalue weighted by atomic mass is 10.2. The largest absolute Gasteiger partial charge is 0.354 e. The number of amidine groups is 2. The van der Waals surface area contributed by atoms with Crippen LogP contribution in [0.1, 0.15) is 22.8 Å². The average Bonchev–Trinajstić information content (AvgIpc) is 3.24. The first-order valence-corrected chi connectivity index (χ1v) is 7.97. The molecule has 2 aromatic heterocycles. The molecule has 2 heterocycles. The van der Waals surface area contributed by atoms with E-state index < -0.39 is 5.79 Å². The number of benzene rings is 2. The molecular formula is C17H18N8O2+2.